The normalized spacial score (nSPS) is 29.4. The minimum atomic E-state index is -0.623. The molecular formula is C16H30N2O2. The number of rotatable bonds is 5. The zero-order chi connectivity index (χ0) is 14.6. The van der Waals surface area contributed by atoms with Crippen LogP contribution in [0.5, 0.6) is 0 Å². The predicted octanol–water partition coefficient (Wildman–Crippen LogP) is 2.05. The Labute approximate surface area is 122 Å². The van der Waals surface area contributed by atoms with Crippen molar-refractivity contribution >= 4 is 5.91 Å². The highest BCUT2D eigenvalue weighted by Crippen LogP contribution is 2.30. The van der Waals surface area contributed by atoms with Gasteiger partial charge in [-0.15, -0.1) is 0 Å². The molecular weight excluding hydrogens is 252 g/mol. The number of nitrogens with two attached hydrogens (primary N) is 1. The summed E-state index contributed by atoms with van der Waals surface area (Å²) < 4.78 is 0. The zero-order valence-corrected chi connectivity index (χ0v) is 12.8. The van der Waals surface area contributed by atoms with E-state index in [1.54, 1.807) is 4.90 Å². The van der Waals surface area contributed by atoms with Crippen molar-refractivity contribution in [3.8, 4) is 0 Å². The molecule has 3 N–H and O–H groups in total. The first kappa shape index (κ1) is 15.8. The van der Waals surface area contributed by atoms with Crippen LogP contribution in [0.1, 0.15) is 64.2 Å². The summed E-state index contributed by atoms with van der Waals surface area (Å²) in [6.07, 6.45) is 9.99. The van der Waals surface area contributed by atoms with Gasteiger partial charge in [0, 0.05) is 26.1 Å². The number of nitrogens with zero attached hydrogens (tertiary/aromatic N) is 1. The Morgan fingerprint density at radius 1 is 1.25 bits per heavy atom. The summed E-state index contributed by atoms with van der Waals surface area (Å²) in [6.45, 7) is 0.501. The lowest BCUT2D eigenvalue weighted by Crippen LogP contribution is -2.42. The Kier molecular flexibility index (Phi) is 5.44. The van der Waals surface area contributed by atoms with Crippen molar-refractivity contribution in [2.45, 2.75) is 75.9 Å². The molecule has 0 aromatic heterocycles. The van der Waals surface area contributed by atoms with E-state index in [4.69, 9.17) is 5.73 Å². The van der Waals surface area contributed by atoms with E-state index in [2.05, 4.69) is 0 Å². The van der Waals surface area contributed by atoms with Crippen LogP contribution in [0.15, 0.2) is 0 Å². The summed E-state index contributed by atoms with van der Waals surface area (Å²) in [7, 11) is 1.83. The van der Waals surface area contributed by atoms with Gasteiger partial charge in [0.25, 0.3) is 0 Å². The molecule has 2 fully saturated rings. The van der Waals surface area contributed by atoms with Crippen LogP contribution in [0, 0.1) is 5.92 Å². The largest absolute Gasteiger partial charge is 0.388 e. The molecule has 2 saturated carbocycles. The second kappa shape index (κ2) is 6.90. The van der Waals surface area contributed by atoms with Gasteiger partial charge >= 0.3 is 0 Å². The molecule has 0 spiro atoms. The second-order valence-electron chi connectivity index (χ2n) is 7.00. The second-order valence-corrected chi connectivity index (χ2v) is 7.00. The monoisotopic (exact) mass is 282 g/mol. The lowest BCUT2D eigenvalue weighted by Gasteiger charge is -2.30. The quantitative estimate of drug-likeness (QED) is 0.811. The number of likely N-dealkylation sites (N-methyl/N-ethyl adjacent to an activating group) is 1. The van der Waals surface area contributed by atoms with Crippen LogP contribution < -0.4 is 5.73 Å². The van der Waals surface area contributed by atoms with Crippen molar-refractivity contribution in [1.82, 2.24) is 4.90 Å². The Morgan fingerprint density at radius 3 is 2.45 bits per heavy atom. The van der Waals surface area contributed by atoms with E-state index in [0.29, 0.717) is 24.9 Å². The summed E-state index contributed by atoms with van der Waals surface area (Å²) in [5, 5.41) is 10.3. The Balaban J connectivity index is 1.68. The minimum absolute atomic E-state index is 0.181. The number of carbonyl (C=O) groups is 1. The average Bonchev–Trinajstić information content (AvgIpc) is 2.84. The van der Waals surface area contributed by atoms with Crippen LogP contribution in [-0.2, 0) is 4.79 Å². The summed E-state index contributed by atoms with van der Waals surface area (Å²) >= 11 is 0. The molecule has 0 aliphatic heterocycles. The van der Waals surface area contributed by atoms with E-state index in [1.807, 2.05) is 7.05 Å². The first-order valence-electron chi connectivity index (χ1n) is 8.20. The van der Waals surface area contributed by atoms with Gasteiger partial charge in [-0.1, -0.05) is 12.8 Å². The number of carbonyl (C=O) groups excluding carboxylic acids is 1. The van der Waals surface area contributed by atoms with Crippen molar-refractivity contribution < 1.29 is 9.90 Å². The van der Waals surface area contributed by atoms with E-state index < -0.39 is 5.60 Å². The molecule has 0 atom stereocenters. The summed E-state index contributed by atoms with van der Waals surface area (Å²) in [5.41, 5.74) is 5.28. The molecule has 2 aliphatic carbocycles. The van der Waals surface area contributed by atoms with Gasteiger partial charge in [-0.3, -0.25) is 4.79 Å². The van der Waals surface area contributed by atoms with E-state index in [1.165, 1.54) is 12.8 Å². The predicted molar refractivity (Wildman–Crippen MR) is 80.2 cm³/mol. The van der Waals surface area contributed by atoms with Crippen molar-refractivity contribution in [2.24, 2.45) is 11.7 Å². The maximum atomic E-state index is 12.2. The fourth-order valence-electron chi connectivity index (χ4n) is 3.72. The van der Waals surface area contributed by atoms with Gasteiger partial charge in [-0.2, -0.15) is 0 Å². The lowest BCUT2D eigenvalue weighted by atomic mass is 9.83. The first-order valence-corrected chi connectivity index (χ1v) is 8.20. The number of amides is 1. The van der Waals surface area contributed by atoms with E-state index in [9.17, 15) is 9.90 Å². The number of hydrogen-bond acceptors (Lipinski definition) is 3. The van der Waals surface area contributed by atoms with Crippen LogP contribution in [0.4, 0.5) is 0 Å². The van der Waals surface area contributed by atoms with Crippen LogP contribution >= 0.6 is 0 Å². The number of aliphatic hydroxyl groups is 1. The van der Waals surface area contributed by atoms with Crippen molar-refractivity contribution in [2.75, 3.05) is 13.6 Å². The third-order valence-electron chi connectivity index (χ3n) is 5.15. The Morgan fingerprint density at radius 2 is 1.85 bits per heavy atom. The van der Waals surface area contributed by atoms with Crippen LogP contribution in [-0.4, -0.2) is 41.1 Å². The van der Waals surface area contributed by atoms with Crippen molar-refractivity contribution in [1.29, 1.82) is 0 Å². The van der Waals surface area contributed by atoms with Crippen molar-refractivity contribution in [3.05, 3.63) is 0 Å². The molecule has 0 saturated heterocycles. The van der Waals surface area contributed by atoms with Crippen LogP contribution in [0.25, 0.3) is 0 Å². The van der Waals surface area contributed by atoms with Gasteiger partial charge in [0.05, 0.1) is 5.60 Å². The van der Waals surface area contributed by atoms with Gasteiger partial charge in [-0.05, 0) is 50.9 Å². The SMILES string of the molecule is CN(CC1(O)CCCC1)C(=O)CCC1CCC(N)CC1. The average molecular weight is 282 g/mol. The molecule has 4 heteroatoms. The molecule has 0 aromatic rings. The lowest BCUT2D eigenvalue weighted by molar-refractivity contribution is -0.133. The molecule has 0 bridgehead atoms. The zero-order valence-electron chi connectivity index (χ0n) is 12.8. The first-order chi connectivity index (χ1) is 9.48. The molecule has 4 nitrogen and oxygen atoms in total. The summed E-state index contributed by atoms with van der Waals surface area (Å²) in [6, 6.07) is 0.376. The Hall–Kier alpha value is -0.610. The maximum absolute atomic E-state index is 12.2. The summed E-state index contributed by atoms with van der Waals surface area (Å²) in [4.78, 5) is 13.9. The molecule has 0 aromatic carbocycles. The standard InChI is InChI=1S/C16H30N2O2/c1-18(12-16(20)10-2-3-11-16)15(19)9-6-13-4-7-14(17)8-5-13/h13-14,20H,2-12,17H2,1H3. The van der Waals surface area contributed by atoms with E-state index >= 15 is 0 Å². The Bertz CT molecular complexity index is 318. The highest BCUT2D eigenvalue weighted by atomic mass is 16.3. The fourth-order valence-corrected chi connectivity index (χ4v) is 3.72. The third-order valence-corrected chi connectivity index (χ3v) is 5.15. The van der Waals surface area contributed by atoms with Gasteiger partial charge in [0.2, 0.25) is 5.91 Å². The molecule has 116 valence electrons. The van der Waals surface area contributed by atoms with Crippen LogP contribution in [0.2, 0.25) is 0 Å². The number of hydrogen-bond donors (Lipinski definition) is 2. The molecule has 0 radical (unpaired) electrons. The molecule has 0 unspecified atom stereocenters. The molecule has 0 heterocycles. The molecule has 2 aliphatic rings. The smallest absolute Gasteiger partial charge is 0.222 e. The highest BCUT2D eigenvalue weighted by molar-refractivity contribution is 5.75. The molecule has 1 amide bonds. The summed E-state index contributed by atoms with van der Waals surface area (Å²) in [5.74, 6) is 0.849. The van der Waals surface area contributed by atoms with Crippen LogP contribution in [0.3, 0.4) is 0 Å². The molecule has 2 rings (SSSR count). The van der Waals surface area contributed by atoms with E-state index in [0.717, 1.165) is 44.9 Å². The van der Waals surface area contributed by atoms with Gasteiger partial charge in [0.15, 0.2) is 0 Å². The fraction of sp³-hybridized carbons (Fsp3) is 0.938. The van der Waals surface area contributed by atoms with Gasteiger partial charge < -0.3 is 15.7 Å². The van der Waals surface area contributed by atoms with Crippen molar-refractivity contribution in [3.63, 3.8) is 0 Å². The molecule has 20 heavy (non-hydrogen) atoms. The van der Waals surface area contributed by atoms with Gasteiger partial charge in [0.1, 0.15) is 0 Å². The minimum Gasteiger partial charge on any atom is -0.388 e. The highest BCUT2D eigenvalue weighted by Gasteiger charge is 2.33. The van der Waals surface area contributed by atoms with E-state index in [-0.39, 0.29) is 5.91 Å². The maximum Gasteiger partial charge on any atom is 0.222 e. The topological polar surface area (TPSA) is 66.6 Å². The third kappa shape index (κ3) is 4.45. The van der Waals surface area contributed by atoms with Gasteiger partial charge in [-0.25, -0.2) is 0 Å².